The van der Waals surface area contributed by atoms with Crippen molar-refractivity contribution in [2.75, 3.05) is 10.6 Å². The summed E-state index contributed by atoms with van der Waals surface area (Å²) < 4.78 is 38.2. The Morgan fingerprint density at radius 1 is 0.962 bits per heavy atom. The summed E-state index contributed by atoms with van der Waals surface area (Å²) in [6.07, 6.45) is -2.44. The molecule has 0 unspecified atom stereocenters. The first-order valence-electron chi connectivity index (χ1n) is 8.18. The predicted molar refractivity (Wildman–Crippen MR) is 94.0 cm³/mol. The van der Waals surface area contributed by atoms with Crippen LogP contribution in [-0.4, -0.2) is 11.8 Å². The smallest absolute Gasteiger partial charge is 0.326 e. The number of nitrogens with one attached hydrogen (secondary N) is 2. The van der Waals surface area contributed by atoms with Gasteiger partial charge in [-0.2, -0.15) is 13.2 Å². The van der Waals surface area contributed by atoms with Gasteiger partial charge in [0.2, 0.25) is 5.91 Å². The zero-order valence-corrected chi connectivity index (χ0v) is 14.2. The lowest BCUT2D eigenvalue weighted by atomic mass is 10.1. The molecule has 0 aliphatic heterocycles. The molecule has 0 radical (unpaired) electrons. The van der Waals surface area contributed by atoms with Crippen LogP contribution in [0, 0.1) is 0 Å². The summed E-state index contributed by atoms with van der Waals surface area (Å²) in [5.41, 5.74) is -0.104. The van der Waals surface area contributed by atoms with E-state index >= 15 is 0 Å². The second-order valence-electron chi connectivity index (χ2n) is 5.77. The third kappa shape index (κ3) is 5.61. The van der Waals surface area contributed by atoms with Crippen LogP contribution >= 0.6 is 0 Å². The van der Waals surface area contributed by atoms with Gasteiger partial charge in [-0.1, -0.05) is 25.5 Å². The minimum Gasteiger partial charge on any atom is -0.326 e. The highest BCUT2D eigenvalue weighted by molar-refractivity contribution is 6.05. The molecule has 2 amide bonds. The van der Waals surface area contributed by atoms with E-state index in [2.05, 4.69) is 10.6 Å². The van der Waals surface area contributed by atoms with E-state index in [4.69, 9.17) is 0 Å². The topological polar surface area (TPSA) is 58.2 Å². The fourth-order valence-corrected chi connectivity index (χ4v) is 2.28. The largest absolute Gasteiger partial charge is 0.416 e. The molecule has 0 spiro atoms. The molecule has 2 aromatic carbocycles. The number of halogens is 3. The number of rotatable bonds is 6. The molecule has 2 rings (SSSR count). The Balaban J connectivity index is 2.08. The van der Waals surface area contributed by atoms with Gasteiger partial charge in [0.05, 0.1) is 5.56 Å². The summed E-state index contributed by atoms with van der Waals surface area (Å²) in [6, 6.07) is 10.6. The maximum Gasteiger partial charge on any atom is 0.416 e. The molecule has 138 valence electrons. The summed E-state index contributed by atoms with van der Waals surface area (Å²) >= 11 is 0. The van der Waals surface area contributed by atoms with E-state index in [1.54, 1.807) is 12.1 Å². The van der Waals surface area contributed by atoms with Gasteiger partial charge in [0, 0.05) is 23.4 Å². The molecule has 2 N–H and O–H groups in total. The molecule has 2 aromatic rings. The number of hydrogen-bond acceptors (Lipinski definition) is 2. The summed E-state index contributed by atoms with van der Waals surface area (Å²) in [6.45, 7) is 1.98. The molecule has 0 aliphatic rings. The standard InChI is InChI=1S/C19H19F3N2O2/c1-2-3-10-17(25)23-15-8-4-6-13(11-15)18(26)24-16-9-5-7-14(12-16)19(20,21)22/h4-9,11-12H,2-3,10H2,1H3,(H,23,25)(H,24,26). The van der Waals surface area contributed by atoms with Crippen molar-refractivity contribution in [1.82, 2.24) is 0 Å². The van der Waals surface area contributed by atoms with Gasteiger partial charge in [0.25, 0.3) is 5.91 Å². The fourth-order valence-electron chi connectivity index (χ4n) is 2.28. The second-order valence-corrected chi connectivity index (χ2v) is 5.77. The normalized spacial score (nSPS) is 11.1. The van der Waals surface area contributed by atoms with E-state index in [-0.39, 0.29) is 17.2 Å². The highest BCUT2D eigenvalue weighted by atomic mass is 19.4. The molecule has 0 heterocycles. The Morgan fingerprint density at radius 3 is 2.27 bits per heavy atom. The first kappa shape index (κ1) is 19.5. The zero-order chi connectivity index (χ0) is 19.2. The number of hydrogen-bond donors (Lipinski definition) is 2. The van der Waals surface area contributed by atoms with Crippen LogP contribution in [0.1, 0.15) is 42.1 Å². The van der Waals surface area contributed by atoms with Gasteiger partial charge in [-0.05, 0) is 42.8 Å². The van der Waals surface area contributed by atoms with Crippen LogP contribution in [0.2, 0.25) is 0 Å². The van der Waals surface area contributed by atoms with Crippen molar-refractivity contribution in [3.63, 3.8) is 0 Å². The van der Waals surface area contributed by atoms with Gasteiger partial charge in [-0.25, -0.2) is 0 Å². The van der Waals surface area contributed by atoms with Crippen LogP contribution in [0.25, 0.3) is 0 Å². The summed E-state index contributed by atoms with van der Waals surface area (Å²) in [5.74, 6) is -0.712. The summed E-state index contributed by atoms with van der Waals surface area (Å²) in [7, 11) is 0. The van der Waals surface area contributed by atoms with Gasteiger partial charge in [-0.3, -0.25) is 9.59 Å². The van der Waals surface area contributed by atoms with E-state index in [1.165, 1.54) is 24.3 Å². The van der Waals surface area contributed by atoms with Gasteiger partial charge >= 0.3 is 6.18 Å². The van der Waals surface area contributed by atoms with Crippen molar-refractivity contribution >= 4 is 23.2 Å². The number of benzene rings is 2. The SMILES string of the molecule is CCCCC(=O)Nc1cccc(C(=O)Nc2cccc(C(F)(F)F)c2)c1. The van der Waals surface area contributed by atoms with Crippen molar-refractivity contribution in [2.45, 2.75) is 32.4 Å². The lowest BCUT2D eigenvalue weighted by Crippen LogP contribution is -2.15. The minimum atomic E-state index is -4.48. The number of alkyl halides is 3. The van der Waals surface area contributed by atoms with E-state index in [9.17, 15) is 22.8 Å². The second kappa shape index (κ2) is 8.51. The summed E-state index contributed by atoms with van der Waals surface area (Å²) in [4.78, 5) is 24.0. The molecular weight excluding hydrogens is 345 g/mol. The van der Waals surface area contributed by atoms with Crippen molar-refractivity contribution < 1.29 is 22.8 Å². The molecule has 0 saturated carbocycles. The molecule has 0 aliphatic carbocycles. The summed E-state index contributed by atoms with van der Waals surface area (Å²) in [5, 5.41) is 5.13. The third-order valence-corrected chi connectivity index (χ3v) is 3.61. The lowest BCUT2D eigenvalue weighted by Gasteiger charge is -2.11. The first-order chi connectivity index (χ1) is 12.3. The molecule has 0 fully saturated rings. The van der Waals surface area contributed by atoms with Gasteiger partial charge in [0.15, 0.2) is 0 Å². The van der Waals surface area contributed by atoms with E-state index in [0.717, 1.165) is 25.0 Å². The van der Waals surface area contributed by atoms with Gasteiger partial charge in [-0.15, -0.1) is 0 Å². The first-order valence-corrected chi connectivity index (χ1v) is 8.18. The van der Waals surface area contributed by atoms with Gasteiger partial charge in [0.1, 0.15) is 0 Å². The van der Waals surface area contributed by atoms with Crippen molar-refractivity contribution in [2.24, 2.45) is 0 Å². The molecular formula is C19H19F3N2O2. The lowest BCUT2D eigenvalue weighted by molar-refractivity contribution is -0.137. The van der Waals surface area contributed by atoms with Crippen LogP contribution in [0.5, 0.6) is 0 Å². The van der Waals surface area contributed by atoms with Crippen molar-refractivity contribution in [1.29, 1.82) is 0 Å². The highest BCUT2D eigenvalue weighted by Crippen LogP contribution is 2.30. The fraction of sp³-hybridized carbons (Fsp3) is 0.263. The number of unbranched alkanes of at least 4 members (excludes halogenated alkanes) is 1. The number of carbonyl (C=O) groups excluding carboxylic acids is 2. The quantitative estimate of drug-likeness (QED) is 0.750. The monoisotopic (exact) mass is 364 g/mol. The number of amides is 2. The van der Waals surface area contributed by atoms with Crippen LogP contribution in [0.4, 0.5) is 24.5 Å². The van der Waals surface area contributed by atoms with Crippen LogP contribution < -0.4 is 10.6 Å². The Morgan fingerprint density at radius 2 is 1.62 bits per heavy atom. The average molecular weight is 364 g/mol. The average Bonchev–Trinajstić information content (AvgIpc) is 2.59. The Kier molecular flexibility index (Phi) is 6.38. The maximum atomic E-state index is 12.7. The molecule has 0 atom stereocenters. The Labute approximate surface area is 149 Å². The third-order valence-electron chi connectivity index (χ3n) is 3.61. The Hall–Kier alpha value is -2.83. The minimum absolute atomic E-state index is 0.0437. The van der Waals surface area contributed by atoms with Crippen LogP contribution in [0.15, 0.2) is 48.5 Å². The molecule has 4 nitrogen and oxygen atoms in total. The molecule has 0 saturated heterocycles. The van der Waals surface area contributed by atoms with Crippen LogP contribution in [-0.2, 0) is 11.0 Å². The predicted octanol–water partition coefficient (Wildman–Crippen LogP) is 5.09. The van der Waals surface area contributed by atoms with E-state index < -0.39 is 17.6 Å². The van der Waals surface area contributed by atoms with Crippen LogP contribution in [0.3, 0.4) is 0 Å². The van der Waals surface area contributed by atoms with E-state index in [1.807, 2.05) is 6.92 Å². The number of anilines is 2. The molecule has 0 aromatic heterocycles. The number of carbonyl (C=O) groups is 2. The molecule has 26 heavy (non-hydrogen) atoms. The molecule has 7 heteroatoms. The highest BCUT2D eigenvalue weighted by Gasteiger charge is 2.30. The zero-order valence-electron chi connectivity index (χ0n) is 14.2. The van der Waals surface area contributed by atoms with Crippen molar-refractivity contribution in [3.8, 4) is 0 Å². The molecule has 0 bridgehead atoms. The maximum absolute atomic E-state index is 12.7. The van der Waals surface area contributed by atoms with Gasteiger partial charge < -0.3 is 10.6 Å². The van der Waals surface area contributed by atoms with E-state index in [0.29, 0.717) is 12.1 Å². The Bertz CT molecular complexity index is 788. The van der Waals surface area contributed by atoms with Crippen molar-refractivity contribution in [3.05, 3.63) is 59.7 Å².